The zero-order valence-electron chi connectivity index (χ0n) is 19.5. The Hall–Kier alpha value is -2.81. The summed E-state index contributed by atoms with van der Waals surface area (Å²) in [5.41, 5.74) is 0.948. The fraction of sp³-hybridized carbons (Fsp3) is 0.625. The van der Waals surface area contributed by atoms with E-state index in [0.29, 0.717) is 37.5 Å². The molecule has 0 saturated heterocycles. The molecule has 9 nitrogen and oxygen atoms in total. The van der Waals surface area contributed by atoms with E-state index in [2.05, 4.69) is 10.6 Å². The second-order valence-corrected chi connectivity index (χ2v) is 8.54. The van der Waals surface area contributed by atoms with E-state index in [1.165, 1.54) is 20.6 Å². The first-order valence-electron chi connectivity index (χ1n) is 11.5. The number of benzene rings is 1. The summed E-state index contributed by atoms with van der Waals surface area (Å²) in [4.78, 5) is 36.4. The van der Waals surface area contributed by atoms with E-state index in [1.807, 2.05) is 0 Å². The van der Waals surface area contributed by atoms with Gasteiger partial charge in [-0.1, -0.05) is 38.2 Å². The van der Waals surface area contributed by atoms with Crippen LogP contribution in [-0.2, 0) is 25.5 Å². The highest BCUT2D eigenvalue weighted by Gasteiger charge is 2.30. The zero-order chi connectivity index (χ0) is 24.2. The number of carboxylic acid groups (broad SMARTS) is 1. The quantitative estimate of drug-likeness (QED) is 0.258. The van der Waals surface area contributed by atoms with Gasteiger partial charge in [-0.2, -0.15) is 0 Å². The summed E-state index contributed by atoms with van der Waals surface area (Å²) >= 11 is 0. The highest BCUT2D eigenvalue weighted by molar-refractivity contribution is 5.90. The van der Waals surface area contributed by atoms with E-state index in [9.17, 15) is 24.6 Å². The van der Waals surface area contributed by atoms with Gasteiger partial charge in [-0.25, -0.2) is 4.79 Å². The molecule has 0 spiro atoms. The van der Waals surface area contributed by atoms with Crippen LogP contribution in [0.15, 0.2) is 18.2 Å². The molecule has 1 amide bonds. The molecular weight excluding hydrogens is 428 g/mol. The van der Waals surface area contributed by atoms with Gasteiger partial charge in [0.15, 0.2) is 11.5 Å². The molecule has 0 unspecified atom stereocenters. The molecule has 1 saturated carbocycles. The van der Waals surface area contributed by atoms with Gasteiger partial charge in [0, 0.05) is 0 Å². The van der Waals surface area contributed by atoms with Crippen LogP contribution in [0, 0.1) is 5.92 Å². The maximum atomic E-state index is 12.8. The van der Waals surface area contributed by atoms with E-state index >= 15 is 0 Å². The summed E-state index contributed by atoms with van der Waals surface area (Å²) in [6.45, 7) is 0.403. The third-order valence-electron chi connectivity index (χ3n) is 6.07. The van der Waals surface area contributed by atoms with Crippen LogP contribution in [0.4, 0.5) is 0 Å². The molecule has 9 heteroatoms. The van der Waals surface area contributed by atoms with Crippen molar-refractivity contribution in [2.75, 3.05) is 20.8 Å². The zero-order valence-corrected chi connectivity index (χ0v) is 19.5. The molecule has 1 aliphatic rings. The van der Waals surface area contributed by atoms with Crippen LogP contribution < -0.4 is 15.4 Å². The van der Waals surface area contributed by atoms with Gasteiger partial charge in [0.05, 0.1) is 26.7 Å². The molecule has 1 aromatic carbocycles. The van der Waals surface area contributed by atoms with Crippen molar-refractivity contribution in [1.29, 1.82) is 0 Å². The number of rotatable bonds is 13. The number of ether oxygens (including phenoxy) is 2. The largest absolute Gasteiger partial charge is 0.504 e. The number of esters is 1. The Bertz CT molecular complexity index is 793. The number of methoxy groups -OCH3 is 2. The van der Waals surface area contributed by atoms with Gasteiger partial charge in [-0.05, 0) is 49.4 Å². The minimum atomic E-state index is -1.10. The van der Waals surface area contributed by atoms with Crippen LogP contribution in [0.25, 0.3) is 0 Å². The van der Waals surface area contributed by atoms with E-state index in [4.69, 9.17) is 9.47 Å². The molecule has 0 aliphatic heterocycles. The van der Waals surface area contributed by atoms with Crippen LogP contribution in [0.2, 0.25) is 0 Å². The Kier molecular flexibility index (Phi) is 11.0. The molecular formula is C24H36N2O7. The minimum Gasteiger partial charge on any atom is -0.504 e. The van der Waals surface area contributed by atoms with Crippen molar-refractivity contribution in [3.63, 3.8) is 0 Å². The number of aromatic hydroxyl groups is 1. The number of hydrogen-bond acceptors (Lipinski definition) is 7. The number of hydrogen-bond donors (Lipinski definition) is 4. The molecule has 0 bridgehead atoms. The number of carbonyl (C=O) groups excluding carboxylic acids is 2. The van der Waals surface area contributed by atoms with E-state index in [-0.39, 0.29) is 5.75 Å². The Morgan fingerprint density at radius 1 is 1.12 bits per heavy atom. The van der Waals surface area contributed by atoms with Crippen LogP contribution >= 0.6 is 0 Å². The summed E-state index contributed by atoms with van der Waals surface area (Å²) in [6.07, 6.45) is 6.84. The highest BCUT2D eigenvalue weighted by Crippen LogP contribution is 2.28. The predicted octanol–water partition coefficient (Wildman–Crippen LogP) is 2.39. The fourth-order valence-corrected chi connectivity index (χ4v) is 4.26. The molecule has 1 fully saturated rings. The van der Waals surface area contributed by atoms with E-state index < -0.39 is 36.4 Å². The predicted molar refractivity (Wildman–Crippen MR) is 122 cm³/mol. The summed E-state index contributed by atoms with van der Waals surface area (Å²) in [6, 6.07) is 3.33. The average molecular weight is 465 g/mol. The molecule has 33 heavy (non-hydrogen) atoms. The molecule has 2 atom stereocenters. The van der Waals surface area contributed by atoms with Gasteiger partial charge in [0.1, 0.15) is 6.04 Å². The van der Waals surface area contributed by atoms with Crippen molar-refractivity contribution in [2.24, 2.45) is 5.92 Å². The van der Waals surface area contributed by atoms with Gasteiger partial charge >= 0.3 is 11.9 Å². The highest BCUT2D eigenvalue weighted by atomic mass is 16.5. The molecule has 0 aromatic heterocycles. The number of phenolic OH excluding ortho intramolecular Hbond substituents is 1. The second kappa shape index (κ2) is 13.7. The minimum absolute atomic E-state index is 0.0611. The first-order chi connectivity index (χ1) is 15.8. The van der Waals surface area contributed by atoms with Crippen molar-refractivity contribution in [2.45, 2.75) is 69.9 Å². The van der Waals surface area contributed by atoms with Gasteiger partial charge in [0.25, 0.3) is 0 Å². The van der Waals surface area contributed by atoms with Gasteiger partial charge in [-0.15, -0.1) is 0 Å². The summed E-state index contributed by atoms with van der Waals surface area (Å²) < 4.78 is 9.98. The molecule has 1 aromatic rings. The maximum Gasteiger partial charge on any atom is 0.328 e. The van der Waals surface area contributed by atoms with Crippen LogP contribution in [0.1, 0.15) is 56.9 Å². The standard InChI is InChI=1S/C24H36N2O7/c1-32-21-14-17(10-11-20(21)27)9-6-12-25-18(15-22(28)29)23(30)26-19(24(31)33-2)13-16-7-4-3-5-8-16/h10-11,14,16,18-19,25,27H,3-9,12-13,15H2,1-2H3,(H,26,30)(H,28,29)/t18-,19-/m0/s1. The number of aliphatic carboxylic acids is 1. The SMILES string of the molecule is COC(=O)[C@H](CC1CCCCC1)NC(=O)[C@H](CC(=O)O)NCCCc1ccc(O)c(OC)c1. The Morgan fingerprint density at radius 2 is 1.85 bits per heavy atom. The summed E-state index contributed by atoms with van der Waals surface area (Å²) in [5.74, 6) is -1.34. The van der Waals surface area contributed by atoms with Crippen molar-refractivity contribution in [3.05, 3.63) is 23.8 Å². The Morgan fingerprint density at radius 3 is 2.48 bits per heavy atom. The number of carbonyl (C=O) groups is 3. The van der Waals surface area contributed by atoms with Crippen molar-refractivity contribution < 1.29 is 34.1 Å². The first kappa shape index (κ1) is 26.4. The van der Waals surface area contributed by atoms with Gasteiger partial charge in [-0.3, -0.25) is 9.59 Å². The van der Waals surface area contributed by atoms with Crippen LogP contribution in [0.5, 0.6) is 11.5 Å². The first-order valence-corrected chi connectivity index (χ1v) is 11.5. The number of carboxylic acids is 1. The number of amides is 1. The third kappa shape index (κ3) is 8.92. The van der Waals surface area contributed by atoms with Crippen LogP contribution in [0.3, 0.4) is 0 Å². The van der Waals surface area contributed by atoms with Gasteiger partial charge in [0.2, 0.25) is 5.91 Å². The average Bonchev–Trinajstić information content (AvgIpc) is 2.81. The summed E-state index contributed by atoms with van der Waals surface area (Å²) in [7, 11) is 2.76. The lowest BCUT2D eigenvalue weighted by atomic mass is 9.84. The number of phenols is 1. The van der Waals surface area contributed by atoms with E-state index in [1.54, 1.807) is 18.2 Å². The van der Waals surface area contributed by atoms with E-state index in [0.717, 1.165) is 31.2 Å². The maximum absolute atomic E-state index is 12.8. The van der Waals surface area contributed by atoms with Crippen LogP contribution in [-0.4, -0.2) is 60.9 Å². The van der Waals surface area contributed by atoms with Crippen molar-refractivity contribution >= 4 is 17.8 Å². The van der Waals surface area contributed by atoms with Crippen molar-refractivity contribution in [1.82, 2.24) is 10.6 Å². The summed E-state index contributed by atoms with van der Waals surface area (Å²) in [5, 5.41) is 24.7. The third-order valence-corrected chi connectivity index (χ3v) is 6.07. The van der Waals surface area contributed by atoms with Gasteiger partial charge < -0.3 is 30.3 Å². The number of nitrogens with one attached hydrogen (secondary N) is 2. The Labute approximate surface area is 194 Å². The number of aryl methyl sites for hydroxylation is 1. The smallest absolute Gasteiger partial charge is 0.328 e. The molecule has 4 N–H and O–H groups in total. The molecule has 1 aliphatic carbocycles. The molecule has 2 rings (SSSR count). The molecule has 184 valence electrons. The fourth-order valence-electron chi connectivity index (χ4n) is 4.26. The Balaban J connectivity index is 1.92. The topological polar surface area (TPSA) is 134 Å². The lowest BCUT2D eigenvalue weighted by Crippen LogP contribution is -2.52. The van der Waals surface area contributed by atoms with Crippen molar-refractivity contribution in [3.8, 4) is 11.5 Å². The monoisotopic (exact) mass is 464 g/mol. The molecule has 0 heterocycles. The lowest BCUT2D eigenvalue weighted by molar-refractivity contribution is -0.146. The normalized spacial score (nSPS) is 15.9. The lowest BCUT2D eigenvalue weighted by Gasteiger charge is -2.27. The second-order valence-electron chi connectivity index (χ2n) is 8.54. The molecule has 0 radical (unpaired) electrons.